The van der Waals surface area contributed by atoms with Gasteiger partial charge in [0.1, 0.15) is 23.4 Å². The number of aromatic nitrogens is 1. The molecule has 0 aliphatic heterocycles. The second-order valence-corrected chi connectivity index (χ2v) is 10.1. The maximum absolute atomic E-state index is 14.4. The van der Waals surface area contributed by atoms with Gasteiger partial charge in [-0.15, -0.1) is 0 Å². The number of hydrogen-bond donors (Lipinski definition) is 0. The summed E-state index contributed by atoms with van der Waals surface area (Å²) in [7, 11) is 0. The van der Waals surface area contributed by atoms with E-state index in [1.165, 1.54) is 6.92 Å². The minimum absolute atomic E-state index is 0.0630. The van der Waals surface area contributed by atoms with Crippen LogP contribution in [-0.4, -0.2) is 28.9 Å². The van der Waals surface area contributed by atoms with E-state index >= 15 is 0 Å². The maximum Gasteiger partial charge on any atom is 0.401 e. The van der Waals surface area contributed by atoms with Crippen molar-refractivity contribution in [1.82, 2.24) is 4.57 Å². The van der Waals surface area contributed by atoms with E-state index in [0.29, 0.717) is 5.75 Å². The van der Waals surface area contributed by atoms with Crippen molar-refractivity contribution in [2.24, 2.45) is 5.41 Å². The van der Waals surface area contributed by atoms with Crippen LogP contribution in [0.1, 0.15) is 52.9 Å². The highest BCUT2D eigenvalue weighted by atomic mass is 19.4. The van der Waals surface area contributed by atoms with Crippen LogP contribution >= 0.6 is 0 Å². The fraction of sp³-hybridized carbons (Fsp3) is 0.433. The molecule has 4 nitrogen and oxygen atoms in total. The van der Waals surface area contributed by atoms with Crippen LogP contribution in [-0.2, 0) is 16.1 Å². The Balaban J connectivity index is 1.68. The summed E-state index contributed by atoms with van der Waals surface area (Å²) in [6.45, 7) is 8.95. The van der Waals surface area contributed by atoms with E-state index in [0.717, 1.165) is 54.9 Å². The van der Waals surface area contributed by atoms with Gasteiger partial charge in [0.15, 0.2) is 0 Å². The van der Waals surface area contributed by atoms with Gasteiger partial charge >= 0.3 is 12.1 Å². The molecule has 2 aromatic carbocycles. The van der Waals surface area contributed by atoms with Crippen molar-refractivity contribution in [3.8, 4) is 17.0 Å². The lowest BCUT2D eigenvalue weighted by Crippen LogP contribution is -2.51. The number of unbranched alkanes of at least 4 members (excludes halogenated alkanes) is 2. The van der Waals surface area contributed by atoms with Gasteiger partial charge in [0, 0.05) is 29.3 Å². The van der Waals surface area contributed by atoms with E-state index in [1.807, 2.05) is 30.3 Å². The number of aryl methyl sites for hydroxylation is 1. The molecular weight excluding hydrogens is 479 g/mol. The normalized spacial score (nSPS) is 21.8. The van der Waals surface area contributed by atoms with Crippen molar-refractivity contribution in [3.63, 3.8) is 0 Å². The number of rotatable bonds is 9. The number of hydrogen-bond acceptors (Lipinski definition) is 3. The molecule has 0 spiro atoms. The van der Waals surface area contributed by atoms with Gasteiger partial charge in [0.05, 0.1) is 5.52 Å². The Kier molecular flexibility index (Phi) is 7.72. The third-order valence-electron chi connectivity index (χ3n) is 7.45. The molecule has 198 valence electrons. The van der Waals surface area contributed by atoms with Gasteiger partial charge < -0.3 is 14.0 Å². The molecule has 4 rings (SSSR count). The van der Waals surface area contributed by atoms with Crippen LogP contribution in [0.5, 0.6) is 5.75 Å². The third kappa shape index (κ3) is 5.27. The van der Waals surface area contributed by atoms with Crippen molar-refractivity contribution in [2.75, 3.05) is 0 Å². The average molecular weight is 514 g/mol. The fourth-order valence-corrected chi connectivity index (χ4v) is 5.15. The van der Waals surface area contributed by atoms with Crippen molar-refractivity contribution >= 4 is 16.9 Å². The van der Waals surface area contributed by atoms with Crippen molar-refractivity contribution in [3.05, 3.63) is 66.7 Å². The summed E-state index contributed by atoms with van der Waals surface area (Å²) in [6.07, 6.45) is -3.81. The number of ether oxygens (including phenoxy) is 2. The molecule has 3 aromatic rings. The van der Waals surface area contributed by atoms with Gasteiger partial charge in [-0.05, 0) is 56.9 Å². The summed E-state index contributed by atoms with van der Waals surface area (Å²) in [6, 6.07) is 17.6. The molecule has 0 bridgehead atoms. The molecule has 0 radical (unpaired) electrons. The van der Waals surface area contributed by atoms with Crippen LogP contribution in [0.15, 0.2) is 66.7 Å². The monoisotopic (exact) mass is 513 g/mol. The molecule has 0 amide bonds. The van der Waals surface area contributed by atoms with E-state index < -0.39 is 29.8 Å². The van der Waals surface area contributed by atoms with Crippen molar-refractivity contribution < 1.29 is 27.4 Å². The van der Waals surface area contributed by atoms with Crippen LogP contribution in [0.4, 0.5) is 13.2 Å². The quantitative estimate of drug-likeness (QED) is 0.165. The molecule has 1 heterocycles. The van der Waals surface area contributed by atoms with Crippen molar-refractivity contribution in [2.45, 2.75) is 77.8 Å². The minimum atomic E-state index is -4.63. The average Bonchev–Trinajstić information content (AvgIpc) is 3.38. The second-order valence-electron chi connectivity index (χ2n) is 10.1. The zero-order valence-electron chi connectivity index (χ0n) is 21.6. The molecule has 0 N–H and O–H groups in total. The number of esters is 1. The summed E-state index contributed by atoms with van der Waals surface area (Å²) in [4.78, 5) is 12.1. The maximum atomic E-state index is 14.4. The third-order valence-corrected chi connectivity index (χ3v) is 7.45. The summed E-state index contributed by atoms with van der Waals surface area (Å²) >= 11 is 0. The van der Waals surface area contributed by atoms with Gasteiger partial charge in [0.25, 0.3) is 0 Å². The Morgan fingerprint density at radius 2 is 1.78 bits per heavy atom. The SMILES string of the molecule is C=C(C)C(=O)OC1CCC(Oc2ccc3cc(-c4ccccc4)n(CCCCC)c3c2)C1(C)C(F)(F)F. The molecule has 7 heteroatoms. The number of fused-ring (bicyclic) bond motifs is 1. The molecule has 1 aliphatic rings. The van der Waals surface area contributed by atoms with E-state index in [2.05, 4.69) is 36.3 Å². The largest absolute Gasteiger partial charge is 0.489 e. The van der Waals surface area contributed by atoms with Gasteiger partial charge in [-0.3, -0.25) is 0 Å². The highest BCUT2D eigenvalue weighted by Crippen LogP contribution is 2.53. The van der Waals surface area contributed by atoms with Crippen LogP contribution in [0.25, 0.3) is 22.2 Å². The summed E-state index contributed by atoms with van der Waals surface area (Å²) < 4.78 is 56.7. The Morgan fingerprint density at radius 3 is 2.43 bits per heavy atom. The number of carbonyl (C=O) groups is 1. The van der Waals surface area contributed by atoms with Crippen LogP contribution < -0.4 is 4.74 Å². The fourth-order valence-electron chi connectivity index (χ4n) is 5.15. The zero-order valence-corrected chi connectivity index (χ0v) is 21.6. The molecular formula is C30H34F3NO3. The van der Waals surface area contributed by atoms with E-state index in [9.17, 15) is 18.0 Å². The highest BCUT2D eigenvalue weighted by Gasteiger charge is 2.66. The van der Waals surface area contributed by atoms with E-state index in [1.54, 1.807) is 6.07 Å². The molecule has 0 saturated heterocycles. The summed E-state index contributed by atoms with van der Waals surface area (Å²) in [5.74, 6) is -0.449. The van der Waals surface area contributed by atoms with Gasteiger partial charge in [-0.1, -0.05) is 56.7 Å². The second kappa shape index (κ2) is 10.6. The topological polar surface area (TPSA) is 40.5 Å². The van der Waals surface area contributed by atoms with Crippen LogP contribution in [0.3, 0.4) is 0 Å². The van der Waals surface area contributed by atoms with Crippen LogP contribution in [0.2, 0.25) is 0 Å². The molecule has 37 heavy (non-hydrogen) atoms. The Labute approximate surface area is 216 Å². The summed E-state index contributed by atoms with van der Waals surface area (Å²) in [5, 5.41) is 1.00. The lowest BCUT2D eigenvalue weighted by molar-refractivity contribution is -0.262. The molecule has 1 saturated carbocycles. The first-order valence-electron chi connectivity index (χ1n) is 12.8. The number of nitrogens with zero attached hydrogens (tertiary/aromatic N) is 1. The highest BCUT2D eigenvalue weighted by molar-refractivity contribution is 5.88. The minimum Gasteiger partial charge on any atom is -0.489 e. The first kappa shape index (κ1) is 26.8. The standard InChI is InChI=1S/C30H34F3NO3/c1-5-6-10-17-34-24(21-11-8-7-9-12-21)18-22-13-14-23(19-25(22)34)36-26-15-16-27(37-28(35)20(2)3)29(26,4)30(31,32)33/h7-9,11-14,18-19,26-27H,2,5-6,10,15-17H2,1,3-4H3. The number of alkyl halides is 3. The summed E-state index contributed by atoms with van der Waals surface area (Å²) in [5.41, 5.74) is 0.796. The van der Waals surface area contributed by atoms with E-state index in [4.69, 9.17) is 9.47 Å². The molecule has 1 aromatic heterocycles. The van der Waals surface area contributed by atoms with Gasteiger partial charge in [-0.25, -0.2) is 4.79 Å². The number of benzene rings is 2. The number of carbonyl (C=O) groups excluding carboxylic acids is 1. The molecule has 3 atom stereocenters. The van der Waals surface area contributed by atoms with E-state index in [-0.39, 0.29) is 18.4 Å². The predicted molar refractivity (Wildman–Crippen MR) is 139 cm³/mol. The first-order chi connectivity index (χ1) is 17.6. The lowest BCUT2D eigenvalue weighted by Gasteiger charge is -2.37. The predicted octanol–water partition coefficient (Wildman–Crippen LogP) is 8.10. The van der Waals surface area contributed by atoms with Gasteiger partial charge in [-0.2, -0.15) is 13.2 Å². The Morgan fingerprint density at radius 1 is 1.08 bits per heavy atom. The molecule has 1 fully saturated rings. The molecule has 3 unspecified atom stereocenters. The van der Waals surface area contributed by atoms with Gasteiger partial charge in [0.2, 0.25) is 0 Å². The molecule has 1 aliphatic carbocycles. The lowest BCUT2D eigenvalue weighted by atomic mass is 9.83. The Bertz CT molecular complexity index is 1260. The van der Waals surface area contributed by atoms with Crippen LogP contribution in [0, 0.1) is 5.41 Å². The Hall–Kier alpha value is -3.22. The van der Waals surface area contributed by atoms with Crippen molar-refractivity contribution in [1.29, 1.82) is 0 Å². The first-order valence-corrected chi connectivity index (χ1v) is 12.8. The smallest absolute Gasteiger partial charge is 0.401 e. The zero-order chi connectivity index (χ0) is 26.8. The number of halogens is 3.